The predicted molar refractivity (Wildman–Crippen MR) is 85.6 cm³/mol. The Kier molecular flexibility index (Phi) is 4.63. The van der Waals surface area contributed by atoms with Crippen molar-refractivity contribution in [3.63, 3.8) is 0 Å². The quantitative estimate of drug-likeness (QED) is 0.814. The first-order valence-electron chi connectivity index (χ1n) is 7.33. The number of sulfonamides is 1. The molecule has 2 atom stereocenters. The highest BCUT2D eigenvalue weighted by Gasteiger charge is 2.32. The third-order valence-corrected chi connectivity index (χ3v) is 6.60. The predicted octanol–water partition coefficient (Wildman–Crippen LogP) is 1.63. The molecule has 0 saturated heterocycles. The van der Waals surface area contributed by atoms with Crippen LogP contribution in [0.15, 0.2) is 21.5 Å². The molecular weight excluding hydrogens is 372 g/mol. The molecule has 1 aliphatic carbocycles. The van der Waals surface area contributed by atoms with Crippen LogP contribution in [0.4, 0.5) is 0 Å². The molecule has 22 heavy (non-hydrogen) atoms. The summed E-state index contributed by atoms with van der Waals surface area (Å²) in [6, 6.07) is 3.04. The number of ether oxygens (including phenoxy) is 2. The molecule has 1 aliphatic heterocycles. The smallest absolute Gasteiger partial charge is 0.242 e. The molecule has 8 heteroatoms. The highest BCUT2D eigenvalue weighted by molar-refractivity contribution is 9.10. The summed E-state index contributed by atoms with van der Waals surface area (Å²) < 4.78 is 39.5. The molecule has 6 nitrogen and oxygen atoms in total. The van der Waals surface area contributed by atoms with Gasteiger partial charge in [0.05, 0.1) is 0 Å². The summed E-state index contributed by atoms with van der Waals surface area (Å²) in [5.74, 6) is 1.21. The Hall–Kier alpha value is -0.830. The van der Waals surface area contributed by atoms with Crippen molar-refractivity contribution >= 4 is 26.0 Å². The lowest BCUT2D eigenvalue weighted by Gasteiger charge is -2.22. The maximum atomic E-state index is 12.7. The van der Waals surface area contributed by atoms with E-state index in [4.69, 9.17) is 15.2 Å². The Morgan fingerprint density at radius 2 is 1.91 bits per heavy atom. The van der Waals surface area contributed by atoms with E-state index in [2.05, 4.69) is 20.7 Å². The number of halogens is 1. The molecule has 122 valence electrons. The Morgan fingerprint density at radius 1 is 1.23 bits per heavy atom. The van der Waals surface area contributed by atoms with Gasteiger partial charge in [-0.1, -0.05) is 6.42 Å². The average molecular weight is 391 g/mol. The number of nitrogens with one attached hydrogen (secondary N) is 1. The van der Waals surface area contributed by atoms with Crippen molar-refractivity contribution in [2.75, 3.05) is 19.8 Å². The molecule has 0 amide bonds. The van der Waals surface area contributed by atoms with Crippen LogP contribution in [0.3, 0.4) is 0 Å². The number of nitrogens with two attached hydrogens (primary N) is 1. The number of fused-ring (bicyclic) bond motifs is 1. The highest BCUT2D eigenvalue weighted by Crippen LogP contribution is 2.38. The lowest BCUT2D eigenvalue weighted by molar-refractivity contribution is 0.171. The fourth-order valence-electron chi connectivity index (χ4n) is 2.99. The van der Waals surface area contributed by atoms with E-state index < -0.39 is 10.0 Å². The molecule has 3 rings (SSSR count). The van der Waals surface area contributed by atoms with Gasteiger partial charge >= 0.3 is 0 Å². The van der Waals surface area contributed by atoms with Gasteiger partial charge in [-0.3, -0.25) is 0 Å². The Balaban J connectivity index is 1.88. The van der Waals surface area contributed by atoms with Crippen molar-refractivity contribution in [2.24, 2.45) is 11.7 Å². The van der Waals surface area contributed by atoms with Gasteiger partial charge in [0.25, 0.3) is 0 Å². The van der Waals surface area contributed by atoms with E-state index in [1.807, 2.05) is 0 Å². The minimum Gasteiger partial charge on any atom is -0.486 e. The summed E-state index contributed by atoms with van der Waals surface area (Å²) in [5.41, 5.74) is 5.72. The average Bonchev–Trinajstić information content (AvgIpc) is 2.92. The van der Waals surface area contributed by atoms with Gasteiger partial charge in [-0.2, -0.15) is 0 Å². The van der Waals surface area contributed by atoms with Crippen LogP contribution >= 0.6 is 15.9 Å². The molecule has 0 bridgehead atoms. The molecule has 0 radical (unpaired) electrons. The third kappa shape index (κ3) is 3.10. The number of hydrogen-bond acceptors (Lipinski definition) is 5. The van der Waals surface area contributed by atoms with Gasteiger partial charge in [0.15, 0.2) is 11.5 Å². The lowest BCUT2D eigenvalue weighted by Crippen LogP contribution is -2.39. The molecule has 0 aromatic heterocycles. The summed E-state index contributed by atoms with van der Waals surface area (Å²) in [6.07, 6.45) is 2.78. The van der Waals surface area contributed by atoms with E-state index in [0.717, 1.165) is 19.3 Å². The van der Waals surface area contributed by atoms with E-state index in [1.54, 1.807) is 6.07 Å². The number of benzene rings is 1. The van der Waals surface area contributed by atoms with Crippen LogP contribution in [0.5, 0.6) is 11.5 Å². The van der Waals surface area contributed by atoms with Crippen molar-refractivity contribution < 1.29 is 17.9 Å². The van der Waals surface area contributed by atoms with E-state index in [0.29, 0.717) is 35.7 Å². The first-order valence-corrected chi connectivity index (χ1v) is 9.60. The van der Waals surface area contributed by atoms with Crippen LogP contribution in [0.25, 0.3) is 0 Å². The standard InChI is InChI=1S/C14H19BrN2O4S/c15-10-6-12-13(21-5-4-20-12)7-14(10)22(18,19)17-11-3-1-2-9(11)8-16/h6-7,9,11,17H,1-5,8,16H2/t9-,11+/m0/s1. The van der Waals surface area contributed by atoms with Crippen molar-refractivity contribution in [1.82, 2.24) is 4.72 Å². The first kappa shape index (κ1) is 16.0. The molecular formula is C14H19BrN2O4S. The maximum Gasteiger partial charge on any atom is 0.242 e. The minimum atomic E-state index is -3.64. The van der Waals surface area contributed by atoms with Gasteiger partial charge in [0.2, 0.25) is 10.0 Å². The van der Waals surface area contributed by atoms with Gasteiger partial charge in [-0.25, -0.2) is 13.1 Å². The summed E-state index contributed by atoms with van der Waals surface area (Å²) >= 11 is 3.31. The summed E-state index contributed by atoms with van der Waals surface area (Å²) in [7, 11) is -3.64. The maximum absolute atomic E-state index is 12.7. The normalized spacial score (nSPS) is 24.5. The molecule has 1 heterocycles. The molecule has 1 aromatic rings. The molecule has 0 unspecified atom stereocenters. The fourth-order valence-corrected chi connectivity index (χ4v) is 5.36. The van der Waals surface area contributed by atoms with E-state index >= 15 is 0 Å². The zero-order valence-electron chi connectivity index (χ0n) is 12.0. The summed E-state index contributed by atoms with van der Waals surface area (Å²) in [5, 5.41) is 0. The minimum absolute atomic E-state index is 0.102. The molecule has 2 aliphatic rings. The number of hydrogen-bond donors (Lipinski definition) is 2. The van der Waals surface area contributed by atoms with Crippen LogP contribution in [0, 0.1) is 5.92 Å². The first-order chi connectivity index (χ1) is 10.5. The second-order valence-electron chi connectivity index (χ2n) is 5.58. The molecule has 3 N–H and O–H groups in total. The van der Waals surface area contributed by atoms with Crippen LogP contribution < -0.4 is 19.9 Å². The summed E-state index contributed by atoms with van der Waals surface area (Å²) in [6.45, 7) is 1.37. The van der Waals surface area contributed by atoms with Gasteiger partial charge in [0.1, 0.15) is 18.1 Å². The van der Waals surface area contributed by atoms with Gasteiger partial charge in [-0.15, -0.1) is 0 Å². The van der Waals surface area contributed by atoms with E-state index in [-0.39, 0.29) is 16.9 Å². The second kappa shape index (κ2) is 6.35. The van der Waals surface area contributed by atoms with Gasteiger partial charge in [0, 0.05) is 16.6 Å². The molecule has 1 aromatic carbocycles. The summed E-state index contributed by atoms with van der Waals surface area (Å²) in [4.78, 5) is 0.166. The Labute approximate surface area is 138 Å². The highest BCUT2D eigenvalue weighted by atomic mass is 79.9. The van der Waals surface area contributed by atoms with Gasteiger partial charge < -0.3 is 15.2 Å². The van der Waals surface area contributed by atoms with Crippen molar-refractivity contribution in [2.45, 2.75) is 30.2 Å². The third-order valence-electron chi connectivity index (χ3n) is 4.15. The zero-order chi connectivity index (χ0) is 15.7. The lowest BCUT2D eigenvalue weighted by atomic mass is 10.1. The Morgan fingerprint density at radius 3 is 2.59 bits per heavy atom. The topological polar surface area (TPSA) is 90.7 Å². The molecule has 1 saturated carbocycles. The van der Waals surface area contributed by atoms with Crippen molar-refractivity contribution in [3.05, 3.63) is 16.6 Å². The zero-order valence-corrected chi connectivity index (χ0v) is 14.5. The number of rotatable bonds is 4. The fraction of sp³-hybridized carbons (Fsp3) is 0.571. The van der Waals surface area contributed by atoms with Crippen molar-refractivity contribution in [1.29, 1.82) is 0 Å². The Bertz CT molecular complexity index is 665. The largest absolute Gasteiger partial charge is 0.486 e. The molecule has 1 fully saturated rings. The van der Waals surface area contributed by atoms with Crippen LogP contribution in [0.2, 0.25) is 0 Å². The van der Waals surface area contributed by atoms with Crippen molar-refractivity contribution in [3.8, 4) is 11.5 Å². The molecule has 0 spiro atoms. The van der Waals surface area contributed by atoms with Crippen LogP contribution in [-0.4, -0.2) is 34.2 Å². The van der Waals surface area contributed by atoms with E-state index in [1.165, 1.54) is 6.07 Å². The second-order valence-corrected chi connectivity index (χ2v) is 8.12. The van der Waals surface area contributed by atoms with Crippen LogP contribution in [-0.2, 0) is 10.0 Å². The van der Waals surface area contributed by atoms with Crippen LogP contribution in [0.1, 0.15) is 19.3 Å². The van der Waals surface area contributed by atoms with E-state index in [9.17, 15) is 8.42 Å². The van der Waals surface area contributed by atoms with Gasteiger partial charge in [-0.05, 0) is 47.3 Å². The monoisotopic (exact) mass is 390 g/mol. The SMILES string of the molecule is NC[C@@H]1CCC[C@H]1NS(=O)(=O)c1cc2c(cc1Br)OCCO2.